The number of benzene rings is 2. The lowest BCUT2D eigenvalue weighted by Crippen LogP contribution is -2.30. The van der Waals surface area contributed by atoms with Crippen LogP contribution in [-0.4, -0.2) is 16.2 Å². The molecule has 0 fully saturated rings. The molecule has 0 radical (unpaired) electrons. The fourth-order valence-corrected chi connectivity index (χ4v) is 3.35. The van der Waals surface area contributed by atoms with E-state index in [2.05, 4.69) is 5.32 Å². The third-order valence-corrected chi connectivity index (χ3v) is 4.76. The highest BCUT2D eigenvalue weighted by atomic mass is 16.5. The Bertz CT molecular complexity index is 1170. The Labute approximate surface area is 168 Å². The van der Waals surface area contributed by atoms with Gasteiger partial charge >= 0.3 is 0 Å². The van der Waals surface area contributed by atoms with Gasteiger partial charge in [0.2, 0.25) is 0 Å². The van der Waals surface area contributed by atoms with Gasteiger partial charge in [0.05, 0.1) is 42.0 Å². The van der Waals surface area contributed by atoms with Crippen LogP contribution in [0.3, 0.4) is 0 Å². The predicted octanol–water partition coefficient (Wildman–Crippen LogP) is 4.23. The lowest BCUT2D eigenvalue weighted by molar-refractivity contribution is 0.338. The lowest BCUT2D eigenvalue weighted by atomic mass is 10.2. The van der Waals surface area contributed by atoms with Gasteiger partial charge < -0.3 is 14.5 Å². The molecule has 1 atom stereocenters. The molecule has 0 bridgehead atoms. The first kappa shape index (κ1) is 19.0. The first-order valence-electron chi connectivity index (χ1n) is 9.68. The Morgan fingerprint density at radius 3 is 2.69 bits per heavy atom. The molecule has 0 saturated heterocycles. The minimum absolute atomic E-state index is 0.121. The van der Waals surface area contributed by atoms with Crippen LogP contribution < -0.4 is 15.6 Å². The fourth-order valence-electron chi connectivity index (χ4n) is 3.35. The topological polar surface area (TPSA) is 69.3 Å². The zero-order valence-corrected chi connectivity index (χ0v) is 16.5. The first-order valence-corrected chi connectivity index (χ1v) is 9.68. The monoisotopic (exact) mass is 389 g/mol. The molecule has 6 heteroatoms. The van der Waals surface area contributed by atoms with Gasteiger partial charge in [0, 0.05) is 0 Å². The van der Waals surface area contributed by atoms with Crippen molar-refractivity contribution >= 4 is 10.9 Å². The first-order chi connectivity index (χ1) is 14.2. The third-order valence-electron chi connectivity index (χ3n) is 4.76. The molecule has 0 saturated carbocycles. The number of nitrogens with zero attached hydrogens (tertiary/aromatic N) is 2. The number of hydrogen-bond acceptors (Lipinski definition) is 5. The zero-order valence-electron chi connectivity index (χ0n) is 16.5. The minimum atomic E-state index is -0.202. The molecule has 0 amide bonds. The van der Waals surface area contributed by atoms with Crippen molar-refractivity contribution in [1.29, 1.82) is 0 Å². The second-order valence-electron chi connectivity index (χ2n) is 6.71. The molecule has 6 nitrogen and oxygen atoms in total. The largest absolute Gasteiger partial charge is 0.492 e. The Balaban J connectivity index is 1.86. The van der Waals surface area contributed by atoms with E-state index in [1.165, 1.54) is 0 Å². The summed E-state index contributed by atoms with van der Waals surface area (Å²) in [5.74, 6) is 2.09. The summed E-state index contributed by atoms with van der Waals surface area (Å²) >= 11 is 0. The number of ether oxygens (including phenoxy) is 1. The van der Waals surface area contributed by atoms with E-state index in [-0.39, 0.29) is 11.6 Å². The summed E-state index contributed by atoms with van der Waals surface area (Å²) in [4.78, 5) is 18.3. The van der Waals surface area contributed by atoms with Crippen molar-refractivity contribution in [2.45, 2.75) is 26.4 Å². The highest BCUT2D eigenvalue weighted by Gasteiger charge is 2.20. The molecule has 4 aromatic rings. The van der Waals surface area contributed by atoms with Crippen LogP contribution in [0.25, 0.3) is 16.6 Å². The van der Waals surface area contributed by atoms with Gasteiger partial charge in [-0.1, -0.05) is 24.3 Å². The summed E-state index contributed by atoms with van der Waals surface area (Å²) < 4.78 is 12.8. The van der Waals surface area contributed by atoms with Crippen LogP contribution in [0.15, 0.2) is 76.1 Å². The molecule has 0 spiro atoms. The van der Waals surface area contributed by atoms with Crippen molar-refractivity contribution in [2.24, 2.45) is 0 Å². The normalized spacial score (nSPS) is 12.2. The molecule has 0 aliphatic rings. The van der Waals surface area contributed by atoms with Crippen molar-refractivity contribution in [2.75, 3.05) is 6.61 Å². The van der Waals surface area contributed by atoms with Crippen LogP contribution in [0, 0.1) is 0 Å². The van der Waals surface area contributed by atoms with Crippen molar-refractivity contribution in [3.8, 4) is 11.4 Å². The molecule has 148 valence electrons. The Morgan fingerprint density at radius 2 is 1.90 bits per heavy atom. The molecule has 1 N–H and O–H groups in total. The average Bonchev–Trinajstić information content (AvgIpc) is 3.27. The number of nitrogens with one attached hydrogen (secondary N) is 1. The number of furan rings is 1. The standard InChI is InChI=1S/C23H23N3O3/c1-3-28-21-13-7-6-12-20(21)26-22(16(2)24-15-17-9-8-14-29-17)25-19-11-5-4-10-18(19)23(26)27/h4-14,16,24H,3,15H2,1-2H3/t16-/m1/s1. The van der Waals surface area contributed by atoms with Crippen molar-refractivity contribution in [3.63, 3.8) is 0 Å². The van der Waals surface area contributed by atoms with Gasteiger partial charge in [0.25, 0.3) is 5.56 Å². The predicted molar refractivity (Wildman–Crippen MR) is 112 cm³/mol. The summed E-state index contributed by atoms with van der Waals surface area (Å²) in [6.45, 7) is 4.95. The number of aromatic nitrogens is 2. The van der Waals surface area contributed by atoms with Gasteiger partial charge in [-0.2, -0.15) is 0 Å². The summed E-state index contributed by atoms with van der Waals surface area (Å²) in [5, 5.41) is 3.97. The molecule has 0 unspecified atom stereocenters. The summed E-state index contributed by atoms with van der Waals surface area (Å²) in [6.07, 6.45) is 1.64. The van der Waals surface area contributed by atoms with Crippen LogP contribution in [0.4, 0.5) is 0 Å². The van der Waals surface area contributed by atoms with Gasteiger partial charge in [0.15, 0.2) is 0 Å². The minimum Gasteiger partial charge on any atom is -0.492 e. The molecular weight excluding hydrogens is 366 g/mol. The maximum Gasteiger partial charge on any atom is 0.266 e. The molecular formula is C23H23N3O3. The van der Waals surface area contributed by atoms with Gasteiger partial charge in [-0.05, 0) is 50.2 Å². The third kappa shape index (κ3) is 3.79. The van der Waals surface area contributed by atoms with E-state index in [0.29, 0.717) is 41.3 Å². The highest BCUT2D eigenvalue weighted by molar-refractivity contribution is 5.78. The van der Waals surface area contributed by atoms with Crippen molar-refractivity contribution in [1.82, 2.24) is 14.9 Å². The van der Waals surface area contributed by atoms with E-state index >= 15 is 0 Å². The van der Waals surface area contributed by atoms with E-state index in [0.717, 1.165) is 5.76 Å². The van der Waals surface area contributed by atoms with Crippen LogP contribution in [-0.2, 0) is 6.54 Å². The zero-order chi connectivity index (χ0) is 20.2. The van der Waals surface area contributed by atoms with Crippen molar-refractivity contribution in [3.05, 3.63) is 88.9 Å². The summed E-state index contributed by atoms with van der Waals surface area (Å²) in [6, 6.07) is 18.5. The number of para-hydroxylation sites is 3. The fraction of sp³-hybridized carbons (Fsp3) is 0.217. The molecule has 0 aliphatic carbocycles. The van der Waals surface area contributed by atoms with Gasteiger partial charge in [-0.25, -0.2) is 4.98 Å². The van der Waals surface area contributed by atoms with Crippen molar-refractivity contribution < 1.29 is 9.15 Å². The SMILES string of the molecule is CCOc1ccccc1-n1c([C@@H](C)NCc2ccco2)nc2ccccc2c1=O. The van der Waals surface area contributed by atoms with Gasteiger partial charge in [-0.15, -0.1) is 0 Å². The van der Waals surface area contributed by atoms with Crippen LogP contribution in [0.1, 0.15) is 31.5 Å². The number of rotatable bonds is 7. The molecule has 4 rings (SSSR count). The Kier molecular flexibility index (Phi) is 5.44. The van der Waals surface area contributed by atoms with Crippen LogP contribution >= 0.6 is 0 Å². The number of hydrogen-bond donors (Lipinski definition) is 1. The second kappa shape index (κ2) is 8.32. The Hall–Kier alpha value is -3.38. The molecule has 0 aliphatic heterocycles. The number of fused-ring (bicyclic) bond motifs is 1. The average molecular weight is 389 g/mol. The van der Waals surface area contributed by atoms with Gasteiger partial charge in [-0.3, -0.25) is 9.36 Å². The Morgan fingerprint density at radius 1 is 1.10 bits per heavy atom. The van der Waals surface area contributed by atoms with E-state index in [1.54, 1.807) is 16.9 Å². The molecule has 2 heterocycles. The van der Waals surface area contributed by atoms with Crippen LogP contribution in [0.2, 0.25) is 0 Å². The molecule has 2 aromatic heterocycles. The molecule has 29 heavy (non-hydrogen) atoms. The van der Waals surface area contributed by atoms with E-state index < -0.39 is 0 Å². The van der Waals surface area contributed by atoms with E-state index in [9.17, 15) is 4.79 Å². The quantitative estimate of drug-likeness (QED) is 0.512. The summed E-state index contributed by atoms with van der Waals surface area (Å²) in [5.41, 5.74) is 1.23. The second-order valence-corrected chi connectivity index (χ2v) is 6.71. The van der Waals surface area contributed by atoms with E-state index in [1.807, 2.05) is 68.4 Å². The summed E-state index contributed by atoms with van der Waals surface area (Å²) in [7, 11) is 0. The molecule has 2 aromatic carbocycles. The van der Waals surface area contributed by atoms with E-state index in [4.69, 9.17) is 14.1 Å². The maximum atomic E-state index is 13.5. The smallest absolute Gasteiger partial charge is 0.266 e. The highest BCUT2D eigenvalue weighted by Crippen LogP contribution is 2.25. The lowest BCUT2D eigenvalue weighted by Gasteiger charge is -2.21. The maximum absolute atomic E-state index is 13.5. The van der Waals surface area contributed by atoms with Gasteiger partial charge in [0.1, 0.15) is 17.3 Å². The van der Waals surface area contributed by atoms with Crippen LogP contribution in [0.5, 0.6) is 5.75 Å².